The summed E-state index contributed by atoms with van der Waals surface area (Å²) in [4.78, 5) is 15.3. The Kier molecular flexibility index (Phi) is 5.20. The van der Waals surface area contributed by atoms with Crippen LogP contribution in [-0.2, 0) is 4.79 Å². The van der Waals surface area contributed by atoms with E-state index in [0.717, 1.165) is 16.3 Å². The summed E-state index contributed by atoms with van der Waals surface area (Å²) in [5.74, 6) is -0.921. The number of phenolic OH excluding ortho intramolecular Hbond substituents is 1. The maximum Gasteiger partial charge on any atom is 0.325 e. The lowest BCUT2D eigenvalue weighted by atomic mass is 9.99. The predicted molar refractivity (Wildman–Crippen MR) is 106 cm³/mol. The Morgan fingerprint density at radius 2 is 1.56 bits per heavy atom. The van der Waals surface area contributed by atoms with Crippen LogP contribution >= 0.6 is 31.9 Å². The minimum atomic E-state index is -1.00. The summed E-state index contributed by atoms with van der Waals surface area (Å²) in [6.45, 7) is -0.335. The van der Waals surface area contributed by atoms with E-state index in [-0.39, 0.29) is 12.3 Å². The lowest BCUT2D eigenvalue weighted by molar-refractivity contribution is -0.135. The molecule has 0 amide bonds. The summed E-state index contributed by atoms with van der Waals surface area (Å²) in [6.07, 6.45) is 0. The molecule has 0 saturated carbocycles. The van der Waals surface area contributed by atoms with E-state index in [9.17, 15) is 9.90 Å². The number of aliphatic imine (C=N–C) groups is 1. The quantitative estimate of drug-likeness (QED) is 0.536. The van der Waals surface area contributed by atoms with Crippen LogP contribution < -0.4 is 0 Å². The summed E-state index contributed by atoms with van der Waals surface area (Å²) in [6, 6.07) is 17.2. The normalized spacial score (nSPS) is 11.7. The number of fused-ring (bicyclic) bond motifs is 1. The van der Waals surface area contributed by atoms with Crippen molar-refractivity contribution in [3.8, 4) is 5.75 Å². The van der Waals surface area contributed by atoms with Crippen molar-refractivity contribution in [2.45, 2.75) is 0 Å². The van der Waals surface area contributed by atoms with Crippen molar-refractivity contribution in [3.05, 3.63) is 74.7 Å². The van der Waals surface area contributed by atoms with Gasteiger partial charge in [-0.1, -0.05) is 36.4 Å². The predicted octanol–water partition coefficient (Wildman–Crippen LogP) is 4.99. The molecule has 0 aliphatic rings. The van der Waals surface area contributed by atoms with Crippen molar-refractivity contribution in [1.82, 2.24) is 0 Å². The molecule has 0 atom stereocenters. The Morgan fingerprint density at radius 3 is 2.20 bits per heavy atom. The summed E-state index contributed by atoms with van der Waals surface area (Å²) < 4.78 is 1.00. The number of hydrogen-bond acceptors (Lipinski definition) is 3. The van der Waals surface area contributed by atoms with E-state index in [1.165, 1.54) is 0 Å². The number of carbonyl (C=O) groups is 1. The second kappa shape index (κ2) is 7.37. The van der Waals surface area contributed by atoms with Gasteiger partial charge in [-0.15, -0.1) is 0 Å². The zero-order valence-corrected chi connectivity index (χ0v) is 16.1. The van der Waals surface area contributed by atoms with Gasteiger partial charge in [0, 0.05) is 11.1 Å². The molecule has 0 aromatic heterocycles. The van der Waals surface area contributed by atoms with E-state index in [0.29, 0.717) is 20.2 Å². The zero-order chi connectivity index (χ0) is 18.0. The van der Waals surface area contributed by atoms with Crippen molar-refractivity contribution >= 4 is 54.3 Å². The number of rotatable bonds is 4. The minimum absolute atomic E-state index is 0.0832. The van der Waals surface area contributed by atoms with Gasteiger partial charge in [-0.05, 0) is 60.8 Å². The van der Waals surface area contributed by atoms with Crippen molar-refractivity contribution in [1.29, 1.82) is 0 Å². The van der Waals surface area contributed by atoms with Crippen LogP contribution in [0.25, 0.3) is 10.8 Å². The highest BCUT2D eigenvalue weighted by molar-refractivity contribution is 9.11. The molecule has 0 radical (unpaired) electrons. The van der Waals surface area contributed by atoms with Crippen molar-refractivity contribution in [2.75, 3.05) is 6.54 Å². The molecule has 0 aliphatic heterocycles. The SMILES string of the molecule is O=C(O)CN=C(c1cc(Br)c(O)c(Br)c1)c1ccc2ccccc2c1. The molecule has 0 heterocycles. The number of nitrogens with zero attached hydrogens (tertiary/aromatic N) is 1. The number of phenols is 1. The molecule has 3 aromatic carbocycles. The Balaban J connectivity index is 2.17. The second-order valence-corrected chi connectivity index (χ2v) is 7.12. The second-order valence-electron chi connectivity index (χ2n) is 5.41. The van der Waals surface area contributed by atoms with Crippen LogP contribution in [0.5, 0.6) is 5.75 Å². The monoisotopic (exact) mass is 461 g/mol. The number of carboxylic acid groups (broad SMARTS) is 1. The van der Waals surface area contributed by atoms with Crippen LogP contribution in [0.3, 0.4) is 0 Å². The van der Waals surface area contributed by atoms with Gasteiger partial charge in [0.1, 0.15) is 12.3 Å². The molecular weight excluding hydrogens is 450 g/mol. The average Bonchev–Trinajstić information content (AvgIpc) is 2.59. The fraction of sp³-hybridized carbons (Fsp3) is 0.0526. The van der Waals surface area contributed by atoms with Gasteiger partial charge in [0.2, 0.25) is 0 Å². The molecule has 3 aromatic rings. The molecular formula is C19H13Br2NO3. The maximum absolute atomic E-state index is 11.0. The molecule has 0 bridgehead atoms. The molecule has 25 heavy (non-hydrogen) atoms. The molecule has 0 spiro atoms. The molecule has 126 valence electrons. The van der Waals surface area contributed by atoms with E-state index in [4.69, 9.17) is 5.11 Å². The molecule has 2 N–H and O–H groups in total. The largest absolute Gasteiger partial charge is 0.506 e. The first kappa shape index (κ1) is 17.6. The smallest absolute Gasteiger partial charge is 0.325 e. The van der Waals surface area contributed by atoms with Gasteiger partial charge in [-0.3, -0.25) is 9.79 Å². The summed E-state index contributed by atoms with van der Waals surface area (Å²) in [5.41, 5.74) is 2.06. The number of benzene rings is 3. The summed E-state index contributed by atoms with van der Waals surface area (Å²) >= 11 is 6.61. The van der Waals surface area contributed by atoms with Crippen LogP contribution in [0.4, 0.5) is 0 Å². The third-order valence-corrected chi connectivity index (χ3v) is 4.89. The molecule has 0 unspecified atom stereocenters. The van der Waals surface area contributed by atoms with E-state index in [2.05, 4.69) is 36.9 Å². The maximum atomic E-state index is 11.0. The highest BCUT2D eigenvalue weighted by atomic mass is 79.9. The first-order chi connectivity index (χ1) is 12.0. The van der Waals surface area contributed by atoms with Crippen LogP contribution in [-0.4, -0.2) is 28.4 Å². The molecule has 0 fully saturated rings. The Bertz CT molecular complexity index is 976. The Labute approximate surface area is 161 Å². The van der Waals surface area contributed by atoms with E-state index in [1.807, 2.05) is 42.5 Å². The van der Waals surface area contributed by atoms with E-state index in [1.54, 1.807) is 12.1 Å². The number of aliphatic carboxylic acids is 1. The van der Waals surface area contributed by atoms with Gasteiger partial charge in [0.05, 0.1) is 14.7 Å². The van der Waals surface area contributed by atoms with E-state index >= 15 is 0 Å². The third-order valence-electron chi connectivity index (χ3n) is 3.69. The fourth-order valence-electron chi connectivity index (χ4n) is 2.53. The Hall–Kier alpha value is -2.18. The molecule has 0 aliphatic carbocycles. The van der Waals surface area contributed by atoms with Gasteiger partial charge < -0.3 is 10.2 Å². The zero-order valence-electron chi connectivity index (χ0n) is 12.9. The third kappa shape index (κ3) is 3.91. The first-order valence-electron chi connectivity index (χ1n) is 7.39. The van der Waals surface area contributed by atoms with Gasteiger partial charge in [0.25, 0.3) is 0 Å². The standard InChI is InChI=1S/C19H13Br2NO3/c20-15-8-14(9-16(21)19(15)25)18(22-10-17(23)24)13-6-5-11-3-1-2-4-12(11)7-13/h1-9,25H,10H2,(H,23,24). The fourth-order valence-corrected chi connectivity index (χ4v) is 3.72. The number of aromatic hydroxyl groups is 1. The number of halogens is 2. The van der Waals surface area contributed by atoms with Gasteiger partial charge in [-0.25, -0.2) is 0 Å². The average molecular weight is 463 g/mol. The lowest BCUT2D eigenvalue weighted by Gasteiger charge is -2.11. The van der Waals surface area contributed by atoms with Gasteiger partial charge in [-0.2, -0.15) is 0 Å². The summed E-state index contributed by atoms with van der Waals surface area (Å²) in [7, 11) is 0. The van der Waals surface area contributed by atoms with Gasteiger partial charge in [0.15, 0.2) is 0 Å². The van der Waals surface area contributed by atoms with Crippen molar-refractivity contribution < 1.29 is 15.0 Å². The highest BCUT2D eigenvalue weighted by Crippen LogP contribution is 2.34. The molecule has 0 saturated heterocycles. The van der Waals surface area contributed by atoms with Crippen LogP contribution in [0.1, 0.15) is 11.1 Å². The van der Waals surface area contributed by atoms with Crippen molar-refractivity contribution in [3.63, 3.8) is 0 Å². The number of carboxylic acids is 1. The number of hydrogen-bond donors (Lipinski definition) is 2. The molecule has 4 nitrogen and oxygen atoms in total. The van der Waals surface area contributed by atoms with Crippen LogP contribution in [0.2, 0.25) is 0 Å². The summed E-state index contributed by atoms with van der Waals surface area (Å²) in [5, 5.41) is 21.1. The molecule has 3 rings (SSSR count). The van der Waals surface area contributed by atoms with E-state index < -0.39 is 5.97 Å². The first-order valence-corrected chi connectivity index (χ1v) is 8.98. The van der Waals surface area contributed by atoms with Crippen LogP contribution in [0, 0.1) is 0 Å². The van der Waals surface area contributed by atoms with Crippen LogP contribution in [0.15, 0.2) is 68.5 Å². The Morgan fingerprint density at radius 1 is 0.920 bits per heavy atom. The lowest BCUT2D eigenvalue weighted by Crippen LogP contribution is -2.09. The molecule has 6 heteroatoms. The van der Waals surface area contributed by atoms with Gasteiger partial charge >= 0.3 is 5.97 Å². The topological polar surface area (TPSA) is 69.9 Å². The minimum Gasteiger partial charge on any atom is -0.506 e. The highest BCUT2D eigenvalue weighted by Gasteiger charge is 2.13. The van der Waals surface area contributed by atoms with Crippen molar-refractivity contribution in [2.24, 2.45) is 4.99 Å².